The minimum atomic E-state index is -1.35. The SMILES string of the molecule is Cc1cc2c(cn1)CC1(CCN(C(=O)O)CC1)C2=N[S+]([O-])C(C)(C)C. The van der Waals surface area contributed by atoms with E-state index in [4.69, 9.17) is 0 Å². The highest BCUT2D eigenvalue weighted by molar-refractivity contribution is 7.91. The zero-order valence-corrected chi connectivity index (χ0v) is 16.0. The molecule has 1 atom stereocenters. The maximum Gasteiger partial charge on any atom is 0.407 e. The van der Waals surface area contributed by atoms with E-state index in [1.807, 2.05) is 40.0 Å². The second-order valence-corrected chi connectivity index (χ2v) is 9.92. The molecule has 1 fully saturated rings. The minimum Gasteiger partial charge on any atom is -0.591 e. The highest BCUT2D eigenvalue weighted by Gasteiger charge is 2.48. The fraction of sp³-hybridized carbons (Fsp3) is 0.611. The van der Waals surface area contributed by atoms with E-state index in [1.54, 1.807) is 0 Å². The van der Waals surface area contributed by atoms with Gasteiger partial charge in [-0.1, -0.05) is 4.40 Å². The van der Waals surface area contributed by atoms with Gasteiger partial charge in [0.15, 0.2) is 0 Å². The van der Waals surface area contributed by atoms with Crippen LogP contribution in [0.2, 0.25) is 0 Å². The first-order chi connectivity index (χ1) is 11.6. The second kappa shape index (κ2) is 6.29. The zero-order valence-electron chi connectivity index (χ0n) is 15.2. The molecule has 2 aliphatic rings. The quantitative estimate of drug-likeness (QED) is 0.777. The van der Waals surface area contributed by atoms with E-state index < -0.39 is 22.2 Å². The lowest BCUT2D eigenvalue weighted by Crippen LogP contribution is -2.45. The molecule has 0 aromatic carbocycles. The van der Waals surface area contributed by atoms with Crippen LogP contribution in [0.25, 0.3) is 0 Å². The summed E-state index contributed by atoms with van der Waals surface area (Å²) in [7, 11) is 0. The Hall–Kier alpha value is -1.60. The number of nitrogens with zero attached hydrogens (tertiary/aromatic N) is 3. The predicted molar refractivity (Wildman–Crippen MR) is 98.4 cm³/mol. The predicted octanol–water partition coefficient (Wildman–Crippen LogP) is 2.96. The molecule has 1 saturated heterocycles. The van der Waals surface area contributed by atoms with Crippen molar-refractivity contribution < 1.29 is 14.5 Å². The molecule has 136 valence electrons. The van der Waals surface area contributed by atoms with Gasteiger partial charge in [0.1, 0.15) is 21.8 Å². The number of amides is 1. The van der Waals surface area contributed by atoms with Gasteiger partial charge < -0.3 is 14.6 Å². The van der Waals surface area contributed by atoms with Crippen molar-refractivity contribution >= 4 is 23.2 Å². The summed E-state index contributed by atoms with van der Waals surface area (Å²) >= 11 is -1.35. The first-order valence-corrected chi connectivity index (χ1v) is 9.68. The Morgan fingerprint density at radius 1 is 1.40 bits per heavy atom. The lowest BCUT2D eigenvalue weighted by atomic mass is 9.74. The number of aryl methyl sites for hydroxylation is 1. The van der Waals surface area contributed by atoms with Crippen molar-refractivity contribution in [3.05, 3.63) is 29.1 Å². The number of aromatic nitrogens is 1. The number of piperidine rings is 1. The van der Waals surface area contributed by atoms with Crippen LogP contribution in [0.4, 0.5) is 4.79 Å². The van der Waals surface area contributed by atoms with E-state index in [1.165, 1.54) is 4.90 Å². The van der Waals surface area contributed by atoms with Crippen LogP contribution in [0, 0.1) is 12.3 Å². The summed E-state index contributed by atoms with van der Waals surface area (Å²) in [4.78, 5) is 17.1. The van der Waals surface area contributed by atoms with E-state index in [-0.39, 0.29) is 5.41 Å². The van der Waals surface area contributed by atoms with Crippen LogP contribution in [-0.2, 0) is 17.8 Å². The molecule has 2 heterocycles. The number of likely N-dealkylation sites (tertiary alicyclic amines) is 1. The minimum absolute atomic E-state index is 0.231. The summed E-state index contributed by atoms with van der Waals surface area (Å²) in [6.45, 7) is 8.66. The summed E-state index contributed by atoms with van der Waals surface area (Å²) in [6, 6.07) is 2.02. The molecule has 1 N–H and O–H groups in total. The molecule has 1 aromatic rings. The van der Waals surface area contributed by atoms with Crippen molar-refractivity contribution in [1.29, 1.82) is 0 Å². The van der Waals surface area contributed by atoms with E-state index in [0.29, 0.717) is 25.9 Å². The van der Waals surface area contributed by atoms with Crippen LogP contribution in [0.15, 0.2) is 16.7 Å². The highest BCUT2D eigenvalue weighted by atomic mass is 32.2. The van der Waals surface area contributed by atoms with Gasteiger partial charge in [0.25, 0.3) is 0 Å². The molecule has 0 saturated carbocycles. The Kier molecular flexibility index (Phi) is 4.58. The standard InChI is InChI=1S/C18H25N3O3S/c1-12-9-14-13(11-19-12)10-18(5-7-21(8-6-18)16(22)23)15(14)20-25(24)17(2,3)4/h9,11H,5-8,10H2,1-4H3,(H,22,23). The molecule has 1 unspecified atom stereocenters. The van der Waals surface area contributed by atoms with Gasteiger partial charge in [0.05, 0.1) is 0 Å². The van der Waals surface area contributed by atoms with Crippen LogP contribution in [0.5, 0.6) is 0 Å². The number of carboxylic acid groups (broad SMARTS) is 1. The number of hydrogen-bond donors (Lipinski definition) is 1. The monoisotopic (exact) mass is 363 g/mol. The Morgan fingerprint density at radius 3 is 2.60 bits per heavy atom. The Bertz CT molecular complexity index is 719. The smallest absolute Gasteiger partial charge is 0.407 e. The van der Waals surface area contributed by atoms with Crippen molar-refractivity contribution in [2.45, 2.75) is 51.7 Å². The van der Waals surface area contributed by atoms with Crippen molar-refractivity contribution in [3.63, 3.8) is 0 Å². The van der Waals surface area contributed by atoms with Crippen molar-refractivity contribution in [2.24, 2.45) is 9.81 Å². The molecule has 6 nitrogen and oxygen atoms in total. The molecule has 25 heavy (non-hydrogen) atoms. The van der Waals surface area contributed by atoms with E-state index in [9.17, 15) is 14.5 Å². The summed E-state index contributed by atoms with van der Waals surface area (Å²) in [5.41, 5.74) is 3.72. The number of carbonyl (C=O) groups is 1. The molecule has 1 amide bonds. The summed E-state index contributed by atoms with van der Waals surface area (Å²) in [5, 5.41) is 9.23. The molecule has 0 radical (unpaired) electrons. The normalized spacial score (nSPS) is 22.3. The van der Waals surface area contributed by atoms with E-state index in [2.05, 4.69) is 9.38 Å². The fourth-order valence-electron chi connectivity index (χ4n) is 3.59. The second-order valence-electron chi connectivity index (χ2n) is 8.01. The fourth-order valence-corrected chi connectivity index (χ4v) is 4.32. The van der Waals surface area contributed by atoms with E-state index >= 15 is 0 Å². The van der Waals surface area contributed by atoms with Gasteiger partial charge in [0.2, 0.25) is 0 Å². The summed E-state index contributed by atoms with van der Waals surface area (Å²) in [5.74, 6) is 0. The Balaban J connectivity index is 2.01. The first kappa shape index (κ1) is 18.2. The third kappa shape index (κ3) is 3.40. The first-order valence-electron chi connectivity index (χ1n) is 8.57. The molecule has 3 rings (SSSR count). The zero-order chi connectivity index (χ0) is 18.4. The van der Waals surface area contributed by atoms with Crippen LogP contribution < -0.4 is 0 Å². The van der Waals surface area contributed by atoms with Crippen LogP contribution in [0.3, 0.4) is 0 Å². The molecule has 1 aliphatic carbocycles. The molecule has 1 spiro atoms. The largest absolute Gasteiger partial charge is 0.591 e. The van der Waals surface area contributed by atoms with Gasteiger partial charge in [-0.2, -0.15) is 0 Å². The van der Waals surface area contributed by atoms with Crippen molar-refractivity contribution in [2.75, 3.05) is 13.1 Å². The van der Waals surface area contributed by atoms with Crippen molar-refractivity contribution in [3.8, 4) is 0 Å². The summed E-state index contributed by atoms with van der Waals surface area (Å²) in [6.07, 6.45) is 3.21. The molecule has 0 bridgehead atoms. The van der Waals surface area contributed by atoms with Gasteiger partial charge in [0, 0.05) is 36.0 Å². The van der Waals surface area contributed by atoms with Crippen molar-refractivity contribution in [1.82, 2.24) is 9.88 Å². The number of fused-ring (bicyclic) bond motifs is 1. The van der Waals surface area contributed by atoms with Gasteiger partial charge in [-0.15, -0.1) is 0 Å². The lowest BCUT2D eigenvalue weighted by Gasteiger charge is -2.38. The number of hydrogen-bond acceptors (Lipinski definition) is 4. The maximum atomic E-state index is 12.7. The molecular weight excluding hydrogens is 338 g/mol. The Labute approximate surface area is 151 Å². The van der Waals surface area contributed by atoms with Gasteiger partial charge in [-0.3, -0.25) is 4.98 Å². The van der Waals surface area contributed by atoms with Crippen LogP contribution >= 0.6 is 0 Å². The maximum absolute atomic E-state index is 12.7. The third-order valence-corrected chi connectivity index (χ3v) is 6.49. The summed E-state index contributed by atoms with van der Waals surface area (Å²) < 4.78 is 17.0. The lowest BCUT2D eigenvalue weighted by molar-refractivity contribution is 0.115. The molecule has 1 aliphatic heterocycles. The molecule has 7 heteroatoms. The average molecular weight is 363 g/mol. The van der Waals surface area contributed by atoms with Gasteiger partial charge >= 0.3 is 6.09 Å². The van der Waals surface area contributed by atoms with Crippen LogP contribution in [-0.4, -0.2) is 49.2 Å². The van der Waals surface area contributed by atoms with Gasteiger partial charge in [-0.25, -0.2) is 4.79 Å². The topological polar surface area (TPSA) is 88.9 Å². The third-order valence-electron chi connectivity index (χ3n) is 5.10. The van der Waals surface area contributed by atoms with Crippen LogP contribution in [0.1, 0.15) is 50.4 Å². The molecular formula is C18H25N3O3S. The highest BCUT2D eigenvalue weighted by Crippen LogP contribution is 2.45. The Morgan fingerprint density at radius 2 is 2.04 bits per heavy atom. The average Bonchev–Trinajstić information content (AvgIpc) is 2.80. The number of pyridine rings is 1. The number of rotatable bonds is 1. The van der Waals surface area contributed by atoms with Gasteiger partial charge in [-0.05, 0) is 58.6 Å². The van der Waals surface area contributed by atoms with E-state index in [0.717, 1.165) is 29.0 Å². The molecule has 1 aromatic heterocycles.